The highest BCUT2D eigenvalue weighted by Gasteiger charge is 2.61. The van der Waals surface area contributed by atoms with Gasteiger partial charge in [-0.3, -0.25) is 9.80 Å². The fraction of sp³-hybridized carbons (Fsp3) is 0.526. The van der Waals surface area contributed by atoms with Crippen LogP contribution in [-0.2, 0) is 6.54 Å². The van der Waals surface area contributed by atoms with Crippen LogP contribution in [0.15, 0.2) is 28.9 Å². The summed E-state index contributed by atoms with van der Waals surface area (Å²) in [6, 6.07) is 6.05. The zero-order chi connectivity index (χ0) is 18.0. The van der Waals surface area contributed by atoms with Gasteiger partial charge in [0.05, 0.1) is 11.8 Å². The Balaban J connectivity index is 1.66. The molecule has 3 heterocycles. The predicted molar refractivity (Wildman–Crippen MR) is 96.4 cm³/mol. The fourth-order valence-corrected chi connectivity index (χ4v) is 4.72. The summed E-state index contributed by atoms with van der Waals surface area (Å²) in [5, 5.41) is 10.7. The molecule has 0 spiro atoms. The quantitative estimate of drug-likeness (QED) is 0.817. The third-order valence-electron chi connectivity index (χ3n) is 6.12. The first kappa shape index (κ1) is 16.3. The van der Waals surface area contributed by atoms with E-state index in [9.17, 15) is 9.90 Å². The van der Waals surface area contributed by atoms with Crippen LogP contribution in [-0.4, -0.2) is 45.7 Å². The Morgan fingerprint density at radius 3 is 2.88 bits per heavy atom. The highest BCUT2D eigenvalue weighted by molar-refractivity contribution is 5.84. The molecule has 2 saturated heterocycles. The Labute approximate surface area is 147 Å². The topological polar surface area (TPSA) is 82.9 Å². The van der Waals surface area contributed by atoms with Crippen molar-refractivity contribution in [2.75, 3.05) is 18.8 Å². The minimum Gasteiger partial charge on any atom is -0.465 e. The number of hydrogen-bond donors (Lipinski definition) is 2. The monoisotopic (exact) mass is 343 g/mol. The average Bonchev–Trinajstić information content (AvgIpc) is 3.18. The molecule has 6 nitrogen and oxygen atoms in total. The number of likely N-dealkylation sites (tertiary alicyclic amines) is 2. The van der Waals surface area contributed by atoms with Crippen molar-refractivity contribution < 1.29 is 14.3 Å². The number of rotatable bonds is 2. The van der Waals surface area contributed by atoms with E-state index in [-0.39, 0.29) is 17.0 Å². The molecule has 6 heteroatoms. The average molecular weight is 343 g/mol. The lowest BCUT2D eigenvalue weighted by atomic mass is 9.73. The van der Waals surface area contributed by atoms with E-state index in [1.54, 1.807) is 11.2 Å². The Kier molecular flexibility index (Phi) is 3.35. The van der Waals surface area contributed by atoms with Gasteiger partial charge in [0.25, 0.3) is 0 Å². The molecule has 3 N–H and O–H groups in total. The van der Waals surface area contributed by atoms with Crippen LogP contribution in [0.2, 0.25) is 0 Å². The second kappa shape index (κ2) is 5.14. The summed E-state index contributed by atoms with van der Waals surface area (Å²) in [5.41, 5.74) is 8.25. The molecule has 2 aromatic rings. The Bertz CT molecular complexity index is 838. The van der Waals surface area contributed by atoms with E-state index in [0.717, 1.165) is 41.7 Å². The van der Waals surface area contributed by atoms with Gasteiger partial charge in [-0.05, 0) is 30.0 Å². The summed E-state index contributed by atoms with van der Waals surface area (Å²) >= 11 is 0. The molecule has 25 heavy (non-hydrogen) atoms. The van der Waals surface area contributed by atoms with E-state index in [2.05, 4.69) is 25.7 Å². The second-order valence-electron chi connectivity index (χ2n) is 8.46. The van der Waals surface area contributed by atoms with Crippen LogP contribution in [0, 0.1) is 5.41 Å². The number of anilines is 1. The van der Waals surface area contributed by atoms with Gasteiger partial charge in [-0.2, -0.15) is 0 Å². The van der Waals surface area contributed by atoms with Crippen molar-refractivity contribution in [3.63, 3.8) is 0 Å². The molecule has 0 radical (unpaired) electrons. The van der Waals surface area contributed by atoms with Gasteiger partial charge in [-0.25, -0.2) is 4.79 Å². The normalized spacial score (nSPS) is 26.7. The molecule has 2 aliphatic heterocycles. The summed E-state index contributed by atoms with van der Waals surface area (Å²) in [6.07, 6.45) is 1.76. The number of nitrogen functional groups attached to an aromatic ring is 1. The third kappa shape index (κ3) is 2.31. The van der Waals surface area contributed by atoms with Crippen LogP contribution < -0.4 is 5.73 Å². The number of furan rings is 1. The lowest BCUT2D eigenvalue weighted by Crippen LogP contribution is -2.61. The maximum Gasteiger partial charge on any atom is 0.407 e. The van der Waals surface area contributed by atoms with Gasteiger partial charge in [-0.15, -0.1) is 0 Å². The highest BCUT2D eigenvalue weighted by Crippen LogP contribution is 2.50. The number of hydrogen-bond acceptors (Lipinski definition) is 4. The number of nitrogens with zero attached hydrogens (tertiary/aromatic N) is 2. The summed E-state index contributed by atoms with van der Waals surface area (Å²) in [5.74, 6) is 0. The van der Waals surface area contributed by atoms with Gasteiger partial charge in [-0.1, -0.05) is 20.8 Å². The van der Waals surface area contributed by atoms with Crippen molar-refractivity contribution in [1.29, 1.82) is 0 Å². The SMILES string of the molecule is CC(C)(C)[C@]12C[C@@H](CN1C(=O)O)N(Cc1cc(N)cc3ccoc13)C2. The lowest BCUT2D eigenvalue weighted by Gasteiger charge is -2.48. The van der Waals surface area contributed by atoms with Crippen LogP contribution in [0.5, 0.6) is 0 Å². The molecule has 1 aromatic carbocycles. The highest BCUT2D eigenvalue weighted by atomic mass is 16.4. The number of piperazine rings is 1. The van der Waals surface area contributed by atoms with Crippen molar-refractivity contribution in [1.82, 2.24) is 9.80 Å². The Morgan fingerprint density at radius 2 is 2.20 bits per heavy atom. The van der Waals surface area contributed by atoms with E-state index in [1.807, 2.05) is 18.2 Å². The molecular weight excluding hydrogens is 318 g/mol. The van der Waals surface area contributed by atoms with Gasteiger partial charge in [0.15, 0.2) is 0 Å². The van der Waals surface area contributed by atoms with Gasteiger partial charge < -0.3 is 15.3 Å². The number of fused-ring (bicyclic) bond motifs is 3. The minimum atomic E-state index is -0.811. The molecule has 2 aliphatic rings. The number of amides is 1. The van der Waals surface area contributed by atoms with Crippen LogP contribution in [0.3, 0.4) is 0 Å². The number of carboxylic acid groups (broad SMARTS) is 1. The third-order valence-corrected chi connectivity index (χ3v) is 6.12. The molecule has 0 saturated carbocycles. The molecular formula is C19H25N3O3. The zero-order valence-electron chi connectivity index (χ0n) is 15.0. The van der Waals surface area contributed by atoms with E-state index < -0.39 is 6.09 Å². The molecule has 2 atom stereocenters. The predicted octanol–water partition coefficient (Wildman–Crippen LogP) is 3.37. The molecule has 2 bridgehead atoms. The number of benzene rings is 1. The Hall–Kier alpha value is -2.21. The summed E-state index contributed by atoms with van der Waals surface area (Å²) < 4.78 is 5.66. The smallest absolute Gasteiger partial charge is 0.407 e. The van der Waals surface area contributed by atoms with E-state index in [1.165, 1.54) is 0 Å². The van der Waals surface area contributed by atoms with Gasteiger partial charge in [0, 0.05) is 42.3 Å². The van der Waals surface area contributed by atoms with Crippen LogP contribution in [0.25, 0.3) is 11.0 Å². The van der Waals surface area contributed by atoms with Gasteiger partial charge >= 0.3 is 6.09 Å². The molecule has 134 valence electrons. The van der Waals surface area contributed by atoms with E-state index >= 15 is 0 Å². The van der Waals surface area contributed by atoms with Gasteiger partial charge in [0.2, 0.25) is 0 Å². The zero-order valence-corrected chi connectivity index (χ0v) is 15.0. The van der Waals surface area contributed by atoms with Crippen molar-refractivity contribution in [2.45, 2.75) is 45.3 Å². The summed E-state index contributed by atoms with van der Waals surface area (Å²) in [4.78, 5) is 15.8. The number of carbonyl (C=O) groups is 1. The second-order valence-corrected chi connectivity index (χ2v) is 8.46. The van der Waals surface area contributed by atoms with Gasteiger partial charge in [0.1, 0.15) is 5.58 Å². The first-order valence-corrected chi connectivity index (χ1v) is 8.71. The maximum absolute atomic E-state index is 11.8. The molecule has 2 fully saturated rings. The maximum atomic E-state index is 11.8. The van der Waals surface area contributed by atoms with Crippen LogP contribution >= 0.6 is 0 Å². The minimum absolute atomic E-state index is 0.120. The summed E-state index contributed by atoms with van der Waals surface area (Å²) in [6.45, 7) is 8.45. The number of nitrogens with two attached hydrogens (primary N) is 1. The van der Waals surface area contributed by atoms with Crippen molar-refractivity contribution in [3.8, 4) is 0 Å². The summed E-state index contributed by atoms with van der Waals surface area (Å²) in [7, 11) is 0. The van der Waals surface area contributed by atoms with E-state index in [0.29, 0.717) is 6.54 Å². The van der Waals surface area contributed by atoms with Crippen LogP contribution in [0.4, 0.5) is 10.5 Å². The van der Waals surface area contributed by atoms with Crippen molar-refractivity contribution >= 4 is 22.7 Å². The molecule has 0 unspecified atom stereocenters. The Morgan fingerprint density at radius 1 is 1.44 bits per heavy atom. The standard InChI is InChI=1S/C19H25N3O3/c1-18(2,3)19-8-15(10-22(19)17(23)24)21(11-19)9-13-7-14(20)6-12-4-5-25-16(12)13/h4-7,15H,8-11,20H2,1-3H3,(H,23,24)/t15-,19+/m0/s1. The van der Waals surface area contributed by atoms with Crippen molar-refractivity contribution in [2.24, 2.45) is 5.41 Å². The first-order valence-electron chi connectivity index (χ1n) is 8.71. The largest absolute Gasteiger partial charge is 0.465 e. The molecule has 4 rings (SSSR count). The fourth-order valence-electron chi connectivity index (χ4n) is 4.72. The molecule has 1 amide bonds. The molecule has 1 aromatic heterocycles. The lowest BCUT2D eigenvalue weighted by molar-refractivity contribution is 0.000941. The molecule has 0 aliphatic carbocycles. The van der Waals surface area contributed by atoms with Crippen molar-refractivity contribution in [3.05, 3.63) is 30.0 Å². The first-order chi connectivity index (χ1) is 11.7. The van der Waals surface area contributed by atoms with E-state index in [4.69, 9.17) is 10.2 Å². The van der Waals surface area contributed by atoms with Crippen LogP contribution in [0.1, 0.15) is 32.8 Å².